The maximum atomic E-state index is 6.17. The first-order valence-electron chi connectivity index (χ1n) is 10.1. The number of anilines is 1. The fourth-order valence-corrected chi connectivity index (χ4v) is 4.91. The van der Waals surface area contributed by atoms with Crippen molar-refractivity contribution in [1.82, 2.24) is 5.32 Å². The Hall–Kier alpha value is -1.26. The molecule has 1 saturated carbocycles. The van der Waals surface area contributed by atoms with Crippen molar-refractivity contribution in [3.8, 4) is 5.75 Å². The number of hydrogen-bond donors (Lipinski definition) is 1. The van der Waals surface area contributed by atoms with E-state index in [0.717, 1.165) is 58.0 Å². The Labute approximate surface area is 151 Å². The highest BCUT2D eigenvalue weighted by Crippen LogP contribution is 2.47. The van der Waals surface area contributed by atoms with Gasteiger partial charge in [0.2, 0.25) is 0 Å². The first-order valence-corrected chi connectivity index (χ1v) is 10.1. The lowest BCUT2D eigenvalue weighted by atomic mass is 9.78. The molecule has 4 heteroatoms. The van der Waals surface area contributed by atoms with Crippen molar-refractivity contribution in [2.75, 3.05) is 51.4 Å². The van der Waals surface area contributed by atoms with Crippen LogP contribution < -0.4 is 15.0 Å². The molecule has 3 aliphatic rings. The zero-order chi connectivity index (χ0) is 17.1. The summed E-state index contributed by atoms with van der Waals surface area (Å²) in [6.07, 6.45) is 9.12. The number of rotatable bonds is 4. The summed E-state index contributed by atoms with van der Waals surface area (Å²) in [5, 5.41) is 3.59. The van der Waals surface area contributed by atoms with E-state index in [1.807, 2.05) is 0 Å². The molecule has 0 saturated heterocycles. The molecular weight excluding hydrogens is 312 g/mol. The highest BCUT2D eigenvalue weighted by molar-refractivity contribution is 5.70. The second-order valence-corrected chi connectivity index (χ2v) is 7.69. The summed E-state index contributed by atoms with van der Waals surface area (Å²) in [5.74, 6) is 1.84. The van der Waals surface area contributed by atoms with Crippen molar-refractivity contribution in [2.45, 2.75) is 50.9 Å². The van der Waals surface area contributed by atoms with Crippen molar-refractivity contribution < 1.29 is 9.47 Å². The van der Waals surface area contributed by atoms with Crippen LogP contribution in [0.25, 0.3) is 0 Å². The molecule has 2 heterocycles. The Kier molecular flexibility index (Phi) is 5.47. The molecule has 0 radical (unpaired) electrons. The third-order valence-electron chi connectivity index (χ3n) is 6.14. The van der Waals surface area contributed by atoms with Gasteiger partial charge in [-0.15, -0.1) is 0 Å². The van der Waals surface area contributed by atoms with Crippen molar-refractivity contribution >= 4 is 5.69 Å². The number of methoxy groups -OCH3 is 1. The molecule has 1 aromatic carbocycles. The van der Waals surface area contributed by atoms with Gasteiger partial charge in [-0.3, -0.25) is 0 Å². The summed E-state index contributed by atoms with van der Waals surface area (Å²) in [4.78, 5) is 2.53. The molecule has 1 aliphatic carbocycles. The average Bonchev–Trinajstić information content (AvgIpc) is 2.90. The molecule has 4 rings (SSSR count). The minimum atomic E-state index is 0.710. The van der Waals surface area contributed by atoms with E-state index in [1.54, 1.807) is 18.2 Å². The first kappa shape index (κ1) is 17.2. The number of hydrogen-bond acceptors (Lipinski definition) is 4. The minimum Gasteiger partial charge on any atom is -0.490 e. The third-order valence-corrected chi connectivity index (χ3v) is 6.14. The molecule has 25 heavy (non-hydrogen) atoms. The molecule has 1 aromatic rings. The van der Waals surface area contributed by atoms with Crippen LogP contribution >= 0.6 is 0 Å². The van der Waals surface area contributed by atoms with Crippen molar-refractivity contribution in [3.63, 3.8) is 0 Å². The Bertz CT molecular complexity index is 596. The summed E-state index contributed by atoms with van der Waals surface area (Å²) in [6, 6.07) is 2.35. The SMILES string of the molecule is COCCN1CCOc2cc3c(c(C4CCCCC4)c21)CCNCC3. The molecule has 4 nitrogen and oxygen atoms in total. The summed E-state index contributed by atoms with van der Waals surface area (Å²) >= 11 is 0. The summed E-state index contributed by atoms with van der Waals surface area (Å²) in [6.45, 7) is 5.70. The van der Waals surface area contributed by atoms with Crippen molar-refractivity contribution in [1.29, 1.82) is 0 Å². The third kappa shape index (κ3) is 3.52. The zero-order valence-corrected chi connectivity index (χ0v) is 15.6. The van der Waals surface area contributed by atoms with Gasteiger partial charge in [-0.25, -0.2) is 0 Å². The van der Waals surface area contributed by atoms with Crippen LogP contribution in [-0.2, 0) is 17.6 Å². The maximum Gasteiger partial charge on any atom is 0.143 e. The standard InChI is InChI=1S/C21H32N2O2/c1-24-13-11-23-12-14-25-19-15-17-7-9-22-10-8-18(17)20(21(19)23)16-5-3-2-4-6-16/h15-16,22H,2-14H2,1H3. The number of nitrogens with one attached hydrogen (secondary N) is 1. The Balaban J connectivity index is 1.81. The van der Waals surface area contributed by atoms with Gasteiger partial charge in [0.05, 0.1) is 18.8 Å². The van der Waals surface area contributed by atoms with Crippen LogP contribution in [0.3, 0.4) is 0 Å². The Morgan fingerprint density at radius 3 is 2.88 bits per heavy atom. The zero-order valence-electron chi connectivity index (χ0n) is 15.6. The van der Waals surface area contributed by atoms with Crippen LogP contribution in [0.1, 0.15) is 54.7 Å². The predicted octanol–water partition coefficient (Wildman–Crippen LogP) is 3.27. The van der Waals surface area contributed by atoms with Crippen LogP contribution in [0.4, 0.5) is 5.69 Å². The van der Waals surface area contributed by atoms with Crippen LogP contribution in [-0.4, -0.2) is 46.5 Å². The van der Waals surface area contributed by atoms with Gasteiger partial charge in [-0.05, 0) is 67.4 Å². The Morgan fingerprint density at radius 1 is 1.20 bits per heavy atom. The molecule has 1 N–H and O–H groups in total. The van der Waals surface area contributed by atoms with E-state index in [1.165, 1.54) is 43.4 Å². The largest absolute Gasteiger partial charge is 0.490 e. The molecular formula is C21H32N2O2. The lowest BCUT2D eigenvalue weighted by Crippen LogP contribution is -2.37. The quantitative estimate of drug-likeness (QED) is 0.909. The monoisotopic (exact) mass is 344 g/mol. The van der Waals surface area contributed by atoms with Gasteiger partial charge in [-0.2, -0.15) is 0 Å². The second-order valence-electron chi connectivity index (χ2n) is 7.69. The molecule has 1 fully saturated rings. The molecule has 2 aliphatic heterocycles. The fraction of sp³-hybridized carbons (Fsp3) is 0.714. The van der Waals surface area contributed by atoms with Gasteiger partial charge in [0.1, 0.15) is 12.4 Å². The summed E-state index contributed by atoms with van der Waals surface area (Å²) in [7, 11) is 1.80. The predicted molar refractivity (Wildman–Crippen MR) is 102 cm³/mol. The fourth-order valence-electron chi connectivity index (χ4n) is 4.91. The van der Waals surface area contributed by atoms with Crippen LogP contribution in [0.2, 0.25) is 0 Å². The lowest BCUT2D eigenvalue weighted by Gasteiger charge is -2.37. The van der Waals surface area contributed by atoms with E-state index >= 15 is 0 Å². The van der Waals surface area contributed by atoms with E-state index in [4.69, 9.17) is 9.47 Å². The first-order chi connectivity index (χ1) is 12.4. The number of fused-ring (bicyclic) bond motifs is 2. The van der Waals surface area contributed by atoms with Gasteiger partial charge >= 0.3 is 0 Å². The van der Waals surface area contributed by atoms with Gasteiger partial charge in [0.15, 0.2) is 0 Å². The summed E-state index contributed by atoms with van der Waals surface area (Å²) in [5.41, 5.74) is 6.18. The topological polar surface area (TPSA) is 33.7 Å². The smallest absolute Gasteiger partial charge is 0.143 e. The molecule has 0 atom stereocenters. The van der Waals surface area contributed by atoms with Crippen LogP contribution in [0, 0.1) is 0 Å². The van der Waals surface area contributed by atoms with Gasteiger partial charge in [0, 0.05) is 13.7 Å². The van der Waals surface area contributed by atoms with Gasteiger partial charge in [-0.1, -0.05) is 19.3 Å². The van der Waals surface area contributed by atoms with E-state index in [-0.39, 0.29) is 0 Å². The van der Waals surface area contributed by atoms with Crippen molar-refractivity contribution in [2.24, 2.45) is 0 Å². The second kappa shape index (κ2) is 7.96. The van der Waals surface area contributed by atoms with Gasteiger partial charge in [0.25, 0.3) is 0 Å². The molecule has 0 spiro atoms. The normalized spacial score (nSPS) is 21.2. The maximum absolute atomic E-state index is 6.17. The van der Waals surface area contributed by atoms with Crippen LogP contribution in [0.5, 0.6) is 5.75 Å². The highest BCUT2D eigenvalue weighted by atomic mass is 16.5. The van der Waals surface area contributed by atoms with E-state index in [0.29, 0.717) is 5.92 Å². The van der Waals surface area contributed by atoms with E-state index in [2.05, 4.69) is 16.3 Å². The Morgan fingerprint density at radius 2 is 2.04 bits per heavy atom. The number of benzene rings is 1. The molecule has 0 bridgehead atoms. The van der Waals surface area contributed by atoms with E-state index < -0.39 is 0 Å². The molecule has 0 unspecified atom stereocenters. The summed E-state index contributed by atoms with van der Waals surface area (Å²) < 4.78 is 11.6. The van der Waals surface area contributed by atoms with Gasteiger partial charge < -0.3 is 19.7 Å². The highest BCUT2D eigenvalue weighted by Gasteiger charge is 2.31. The van der Waals surface area contributed by atoms with Crippen LogP contribution in [0.15, 0.2) is 6.07 Å². The molecule has 0 aromatic heterocycles. The lowest BCUT2D eigenvalue weighted by molar-refractivity contribution is 0.201. The van der Waals surface area contributed by atoms with E-state index in [9.17, 15) is 0 Å². The number of ether oxygens (including phenoxy) is 2. The van der Waals surface area contributed by atoms with Crippen molar-refractivity contribution in [3.05, 3.63) is 22.8 Å². The number of nitrogens with zero attached hydrogens (tertiary/aromatic N) is 1. The average molecular weight is 344 g/mol. The minimum absolute atomic E-state index is 0.710. The molecule has 138 valence electrons. The molecule has 0 amide bonds.